The van der Waals surface area contributed by atoms with Crippen molar-refractivity contribution in [2.45, 2.75) is 82.1 Å². The maximum absolute atomic E-state index is 12.1. The van der Waals surface area contributed by atoms with E-state index in [0.29, 0.717) is 10.9 Å². The first kappa shape index (κ1) is 30.8. The van der Waals surface area contributed by atoms with Gasteiger partial charge in [-0.25, -0.2) is 4.79 Å². The van der Waals surface area contributed by atoms with Crippen molar-refractivity contribution in [2.75, 3.05) is 13.2 Å². The topological polar surface area (TPSA) is 226 Å². The molecule has 2 fully saturated rings. The second-order valence-electron chi connectivity index (χ2n) is 10.0. The number of carbonyl (C=O) groups is 2. The van der Waals surface area contributed by atoms with Gasteiger partial charge in [0.15, 0.2) is 6.29 Å². The van der Waals surface area contributed by atoms with E-state index < -0.39 is 91.9 Å². The lowest BCUT2D eigenvalue weighted by Crippen LogP contribution is -2.69. The number of rotatable bonds is 8. The number of aliphatic hydroxyl groups excluding tert-OH is 5. The van der Waals surface area contributed by atoms with E-state index in [-0.39, 0.29) is 11.3 Å². The van der Waals surface area contributed by atoms with Crippen molar-refractivity contribution in [3.63, 3.8) is 0 Å². The van der Waals surface area contributed by atoms with Crippen molar-refractivity contribution in [2.24, 2.45) is 0 Å². The molecule has 2 saturated heterocycles. The minimum Gasteiger partial charge on any atom is -0.462 e. The second kappa shape index (κ2) is 12.8. The first-order valence-corrected chi connectivity index (χ1v) is 12.9. The van der Waals surface area contributed by atoms with Crippen LogP contribution in [0.25, 0.3) is 11.0 Å². The first-order valence-electron chi connectivity index (χ1n) is 12.9. The van der Waals surface area contributed by atoms with Crippen molar-refractivity contribution < 1.29 is 58.5 Å². The highest BCUT2D eigenvalue weighted by molar-refractivity contribution is 5.81. The molecule has 4 rings (SSSR count). The Morgan fingerprint density at radius 2 is 1.49 bits per heavy atom. The van der Waals surface area contributed by atoms with Gasteiger partial charge in [0.25, 0.3) is 0 Å². The summed E-state index contributed by atoms with van der Waals surface area (Å²) in [5.41, 5.74) is 0.362. The number of hydrogen-bond donors (Lipinski definition) is 7. The van der Waals surface area contributed by atoms with Gasteiger partial charge in [0, 0.05) is 31.4 Å². The average Bonchev–Trinajstić information content (AvgIpc) is 2.90. The lowest BCUT2D eigenvalue weighted by Gasteiger charge is -2.48. The van der Waals surface area contributed by atoms with Crippen LogP contribution in [-0.2, 0) is 23.8 Å². The molecule has 0 aliphatic carbocycles. The van der Waals surface area contributed by atoms with Gasteiger partial charge in [-0.3, -0.25) is 9.59 Å². The molecule has 1 aromatic heterocycles. The molecule has 226 valence electrons. The van der Waals surface area contributed by atoms with Crippen LogP contribution in [0.1, 0.15) is 19.4 Å². The van der Waals surface area contributed by atoms with Crippen molar-refractivity contribution in [3.8, 4) is 5.75 Å². The molecule has 2 aromatic rings. The van der Waals surface area contributed by atoms with E-state index in [1.54, 1.807) is 19.1 Å². The molecule has 1 aromatic carbocycles. The van der Waals surface area contributed by atoms with Crippen molar-refractivity contribution >= 4 is 22.8 Å². The number of carbonyl (C=O) groups excluding carboxylic acids is 2. The summed E-state index contributed by atoms with van der Waals surface area (Å²) < 4.78 is 28.5. The van der Waals surface area contributed by atoms with Gasteiger partial charge < -0.3 is 59.5 Å². The van der Waals surface area contributed by atoms with Crippen LogP contribution in [0.2, 0.25) is 0 Å². The molecule has 2 aliphatic heterocycles. The lowest BCUT2D eigenvalue weighted by atomic mass is 9.94. The minimum atomic E-state index is -1.62. The largest absolute Gasteiger partial charge is 0.462 e. The highest BCUT2D eigenvalue weighted by Crippen LogP contribution is 2.31. The number of fused-ring (bicyclic) bond motifs is 1. The van der Waals surface area contributed by atoms with E-state index in [1.807, 2.05) is 0 Å². The van der Waals surface area contributed by atoms with Gasteiger partial charge in [0.1, 0.15) is 60.0 Å². The SMILES string of the molecule is CC(=O)N[C@H]1[C@H](O[C@H]2[C@@H](O)[C@@H](NC(C)=O)[C@H](Oc3ccc4c(C)cc(=O)oc4c3)O[C@H]2CO)O[C@@H](CO)[C@@H](O)[C@H]1O. The van der Waals surface area contributed by atoms with Crippen LogP contribution >= 0.6 is 0 Å². The summed E-state index contributed by atoms with van der Waals surface area (Å²) in [5, 5.41) is 57.5. The lowest BCUT2D eigenvalue weighted by molar-refractivity contribution is -0.325. The van der Waals surface area contributed by atoms with E-state index in [2.05, 4.69) is 10.6 Å². The number of benzene rings is 1. The summed E-state index contributed by atoms with van der Waals surface area (Å²) in [4.78, 5) is 35.7. The average molecular weight is 583 g/mol. The molecule has 2 amide bonds. The molecule has 0 spiro atoms. The van der Waals surface area contributed by atoms with Gasteiger partial charge >= 0.3 is 5.63 Å². The molecular weight excluding hydrogens is 548 g/mol. The summed E-state index contributed by atoms with van der Waals surface area (Å²) in [6, 6.07) is 3.41. The van der Waals surface area contributed by atoms with Crippen molar-refractivity contribution in [3.05, 3.63) is 40.2 Å². The molecule has 0 saturated carbocycles. The summed E-state index contributed by atoms with van der Waals surface area (Å²) >= 11 is 0. The van der Waals surface area contributed by atoms with E-state index in [4.69, 9.17) is 23.4 Å². The zero-order valence-electron chi connectivity index (χ0n) is 22.5. The molecule has 15 nitrogen and oxygen atoms in total. The summed E-state index contributed by atoms with van der Waals surface area (Å²) in [6.07, 6.45) is -11.7. The van der Waals surface area contributed by atoms with Gasteiger partial charge in [-0.15, -0.1) is 0 Å². The van der Waals surface area contributed by atoms with Gasteiger partial charge in [-0.05, 0) is 24.6 Å². The third-order valence-electron chi connectivity index (χ3n) is 6.94. The van der Waals surface area contributed by atoms with Crippen LogP contribution in [-0.4, -0.2) is 112 Å². The standard InChI is InChI=1S/C26H34N2O13/c1-10-6-18(33)38-15-7-13(4-5-14(10)15)37-25-20(28-12(3)32)23(36)24(17(9-30)40-25)41-26-19(27-11(2)31)22(35)21(34)16(8-29)39-26/h4-7,16-17,19-26,29-30,34-36H,8-9H2,1-3H3,(H,27,31)(H,28,32)/t16-,17-,19+,20+,21+,22-,23-,24+,25+,26-/m0/s1. The van der Waals surface area contributed by atoms with Crippen LogP contribution in [0.5, 0.6) is 5.75 Å². The Morgan fingerprint density at radius 3 is 2.10 bits per heavy atom. The molecule has 7 N–H and O–H groups in total. The molecule has 3 heterocycles. The van der Waals surface area contributed by atoms with Crippen LogP contribution in [0, 0.1) is 6.92 Å². The Morgan fingerprint density at radius 1 is 0.878 bits per heavy atom. The third-order valence-corrected chi connectivity index (χ3v) is 6.94. The Labute approximate surface area is 233 Å². The highest BCUT2D eigenvalue weighted by atomic mass is 16.7. The number of hydrogen-bond acceptors (Lipinski definition) is 13. The van der Waals surface area contributed by atoms with Gasteiger partial charge in [-0.2, -0.15) is 0 Å². The van der Waals surface area contributed by atoms with Gasteiger partial charge in [0.05, 0.1) is 13.2 Å². The fraction of sp³-hybridized carbons (Fsp3) is 0.577. The van der Waals surface area contributed by atoms with Crippen LogP contribution < -0.4 is 21.0 Å². The zero-order chi connectivity index (χ0) is 30.0. The summed E-state index contributed by atoms with van der Waals surface area (Å²) in [7, 11) is 0. The molecular formula is C26H34N2O13. The first-order chi connectivity index (χ1) is 19.4. The van der Waals surface area contributed by atoms with Gasteiger partial charge in [0.2, 0.25) is 18.1 Å². The third kappa shape index (κ3) is 6.68. The highest BCUT2D eigenvalue weighted by Gasteiger charge is 2.52. The molecule has 0 unspecified atom stereocenters. The normalized spacial score (nSPS) is 33.8. The van der Waals surface area contributed by atoms with E-state index in [1.165, 1.54) is 19.1 Å². The van der Waals surface area contributed by atoms with Crippen molar-refractivity contribution in [1.29, 1.82) is 0 Å². The maximum atomic E-state index is 12.1. The molecule has 0 bridgehead atoms. The quantitative estimate of drug-likeness (QED) is 0.159. The van der Waals surface area contributed by atoms with Crippen molar-refractivity contribution in [1.82, 2.24) is 10.6 Å². The van der Waals surface area contributed by atoms with E-state index in [0.717, 1.165) is 6.92 Å². The van der Waals surface area contributed by atoms with Crippen LogP contribution in [0.4, 0.5) is 0 Å². The fourth-order valence-electron chi connectivity index (χ4n) is 4.98. The summed E-state index contributed by atoms with van der Waals surface area (Å²) in [5.74, 6) is -0.985. The number of amides is 2. The van der Waals surface area contributed by atoms with E-state index in [9.17, 15) is 39.9 Å². The summed E-state index contributed by atoms with van der Waals surface area (Å²) in [6.45, 7) is 2.71. The Hall–Kier alpha value is -3.15. The number of aryl methyl sites for hydroxylation is 1. The number of nitrogens with one attached hydrogen (secondary N) is 2. The Balaban J connectivity index is 1.61. The number of ether oxygens (including phenoxy) is 4. The smallest absolute Gasteiger partial charge is 0.336 e. The predicted octanol–water partition coefficient (Wildman–Crippen LogP) is -2.61. The van der Waals surface area contributed by atoms with Crippen LogP contribution in [0.3, 0.4) is 0 Å². The second-order valence-corrected chi connectivity index (χ2v) is 10.0. The molecule has 2 aliphatic rings. The monoisotopic (exact) mass is 582 g/mol. The predicted molar refractivity (Wildman–Crippen MR) is 137 cm³/mol. The fourth-order valence-corrected chi connectivity index (χ4v) is 4.98. The Kier molecular flexibility index (Phi) is 9.61. The molecule has 15 heteroatoms. The zero-order valence-corrected chi connectivity index (χ0v) is 22.5. The number of aliphatic hydroxyl groups is 5. The maximum Gasteiger partial charge on any atom is 0.336 e. The minimum absolute atomic E-state index is 0.166. The van der Waals surface area contributed by atoms with E-state index >= 15 is 0 Å². The Bertz CT molecular complexity index is 1300. The van der Waals surface area contributed by atoms with Gasteiger partial charge in [-0.1, -0.05) is 0 Å². The molecule has 41 heavy (non-hydrogen) atoms. The van der Waals surface area contributed by atoms with Crippen LogP contribution in [0.15, 0.2) is 33.5 Å². The molecule has 0 radical (unpaired) electrons. The molecule has 10 atom stereocenters.